The van der Waals surface area contributed by atoms with E-state index in [1.165, 1.54) is 23.4 Å². The Hall–Kier alpha value is -2.53. The minimum absolute atomic E-state index is 0.121. The highest BCUT2D eigenvalue weighted by Gasteiger charge is 2.54. The van der Waals surface area contributed by atoms with Gasteiger partial charge in [-0.15, -0.1) is 11.8 Å². The van der Waals surface area contributed by atoms with Crippen molar-refractivity contribution in [3.05, 3.63) is 27.7 Å². The maximum Gasteiger partial charge on any atom is 0.352 e. The number of aliphatic carboxylic acids is 1. The molecule has 12 heteroatoms. The summed E-state index contributed by atoms with van der Waals surface area (Å²) in [5.74, 6) is -2.72. The van der Waals surface area contributed by atoms with Gasteiger partial charge in [-0.05, 0) is 6.92 Å². The third-order valence-corrected chi connectivity index (χ3v) is 6.14. The monoisotopic (exact) mass is 428 g/mol. The van der Waals surface area contributed by atoms with Gasteiger partial charge in [-0.2, -0.15) is 5.10 Å². The third-order valence-electron chi connectivity index (χ3n) is 4.35. The Labute approximate surface area is 168 Å². The Balaban J connectivity index is 1.79. The van der Waals surface area contributed by atoms with Crippen molar-refractivity contribution in [3.8, 4) is 0 Å². The van der Waals surface area contributed by atoms with Gasteiger partial charge in [-0.3, -0.25) is 24.0 Å². The smallest absolute Gasteiger partial charge is 0.352 e. The average molecular weight is 429 g/mol. The van der Waals surface area contributed by atoms with E-state index in [0.717, 1.165) is 4.90 Å². The van der Waals surface area contributed by atoms with Crippen molar-refractivity contribution in [2.45, 2.75) is 25.3 Å². The van der Waals surface area contributed by atoms with Crippen molar-refractivity contribution in [3.63, 3.8) is 0 Å². The second-order valence-corrected chi connectivity index (χ2v) is 7.75. The molecule has 3 heterocycles. The highest BCUT2D eigenvalue weighted by molar-refractivity contribution is 8.00. The van der Waals surface area contributed by atoms with Crippen LogP contribution < -0.4 is 5.32 Å². The number of halogens is 1. The number of nitrogens with zero attached hydrogens (tertiary/aromatic N) is 3. The lowest BCUT2D eigenvalue weighted by molar-refractivity contribution is -0.149. The lowest BCUT2D eigenvalue weighted by Gasteiger charge is -2.49. The van der Waals surface area contributed by atoms with E-state index in [4.69, 9.17) is 16.3 Å². The van der Waals surface area contributed by atoms with Gasteiger partial charge in [0.2, 0.25) is 0 Å². The first-order valence-electron chi connectivity index (χ1n) is 8.16. The molecule has 0 aliphatic carbocycles. The molecule has 1 fully saturated rings. The number of β-lactam (4-membered cyclic amide) rings is 1. The van der Waals surface area contributed by atoms with E-state index in [-0.39, 0.29) is 28.8 Å². The number of carboxylic acids is 1. The lowest BCUT2D eigenvalue weighted by Crippen LogP contribution is -2.70. The molecule has 0 saturated carbocycles. The summed E-state index contributed by atoms with van der Waals surface area (Å²) >= 11 is 7.38. The van der Waals surface area contributed by atoms with E-state index in [1.54, 1.807) is 14.0 Å². The molecule has 1 aromatic heterocycles. The molecule has 150 valence electrons. The molecular weight excluding hydrogens is 412 g/mol. The SMILES string of the molecule is CC(=O)OCC1=C(C(=O)O)N2C(=O)[C@H](NC(=O)c3c(Cl)c(C)nn3C)[C@@H]2SC1. The number of fused-ring (bicyclic) bond motifs is 1. The highest BCUT2D eigenvalue weighted by atomic mass is 35.5. The van der Waals surface area contributed by atoms with E-state index < -0.39 is 35.2 Å². The summed E-state index contributed by atoms with van der Waals surface area (Å²) in [6, 6.07) is -0.895. The van der Waals surface area contributed by atoms with Crippen molar-refractivity contribution >= 4 is 47.1 Å². The zero-order valence-corrected chi connectivity index (χ0v) is 16.8. The molecule has 2 atom stereocenters. The normalized spacial score (nSPS) is 21.1. The number of carbonyl (C=O) groups excluding carboxylic acids is 3. The van der Waals surface area contributed by atoms with Crippen molar-refractivity contribution in [2.24, 2.45) is 7.05 Å². The molecule has 2 aliphatic heterocycles. The fourth-order valence-electron chi connectivity index (χ4n) is 3.07. The van der Waals surface area contributed by atoms with Gasteiger partial charge in [0, 0.05) is 25.3 Å². The van der Waals surface area contributed by atoms with Crippen LogP contribution in [0.2, 0.25) is 5.02 Å². The van der Waals surface area contributed by atoms with Gasteiger partial charge in [0.05, 0.1) is 10.7 Å². The van der Waals surface area contributed by atoms with Crippen molar-refractivity contribution < 1.29 is 29.0 Å². The zero-order valence-electron chi connectivity index (χ0n) is 15.2. The second-order valence-electron chi connectivity index (χ2n) is 6.27. The number of carbonyl (C=O) groups is 4. The van der Waals surface area contributed by atoms with Crippen LogP contribution in [0.15, 0.2) is 11.3 Å². The number of carboxylic acid groups (broad SMARTS) is 1. The largest absolute Gasteiger partial charge is 0.477 e. The number of aromatic nitrogens is 2. The van der Waals surface area contributed by atoms with Crippen LogP contribution in [0.4, 0.5) is 0 Å². The maximum atomic E-state index is 12.6. The Kier molecular flexibility index (Phi) is 5.39. The molecule has 2 N–H and O–H groups in total. The summed E-state index contributed by atoms with van der Waals surface area (Å²) in [6.07, 6.45) is 0. The molecule has 10 nitrogen and oxygen atoms in total. The molecule has 0 spiro atoms. The van der Waals surface area contributed by atoms with Crippen LogP contribution in [0.1, 0.15) is 23.1 Å². The Bertz CT molecular complexity index is 926. The summed E-state index contributed by atoms with van der Waals surface area (Å²) in [6.45, 7) is 2.66. The van der Waals surface area contributed by atoms with E-state index in [0.29, 0.717) is 11.3 Å². The maximum absolute atomic E-state index is 12.6. The van der Waals surface area contributed by atoms with Crippen LogP contribution in [-0.2, 0) is 26.2 Å². The lowest BCUT2D eigenvalue weighted by atomic mass is 10.0. The van der Waals surface area contributed by atoms with Crippen LogP contribution in [-0.4, -0.2) is 67.3 Å². The number of aryl methyl sites for hydroxylation is 2. The zero-order chi connectivity index (χ0) is 20.7. The predicted molar refractivity (Wildman–Crippen MR) is 98.6 cm³/mol. The third kappa shape index (κ3) is 3.35. The number of hydrogen-bond donors (Lipinski definition) is 2. The highest BCUT2D eigenvalue weighted by Crippen LogP contribution is 2.40. The van der Waals surface area contributed by atoms with E-state index in [2.05, 4.69) is 10.4 Å². The number of esters is 1. The fraction of sp³-hybridized carbons (Fsp3) is 0.438. The first-order valence-corrected chi connectivity index (χ1v) is 9.59. The molecule has 0 aromatic carbocycles. The number of ether oxygens (including phenoxy) is 1. The number of rotatable bonds is 5. The molecular formula is C16H17ClN4O6S. The number of thioether (sulfide) groups is 1. The van der Waals surface area contributed by atoms with Gasteiger partial charge < -0.3 is 15.2 Å². The number of nitrogens with one attached hydrogen (secondary N) is 1. The Morgan fingerprint density at radius 3 is 2.64 bits per heavy atom. The molecule has 3 rings (SSSR count). The topological polar surface area (TPSA) is 131 Å². The molecule has 1 saturated heterocycles. The first-order chi connectivity index (χ1) is 13.1. The molecule has 2 aliphatic rings. The van der Waals surface area contributed by atoms with Gasteiger partial charge in [-0.25, -0.2) is 4.79 Å². The van der Waals surface area contributed by atoms with E-state index >= 15 is 0 Å². The summed E-state index contributed by atoms with van der Waals surface area (Å²) in [5, 5.41) is 15.8. The minimum Gasteiger partial charge on any atom is -0.477 e. The summed E-state index contributed by atoms with van der Waals surface area (Å²) in [4.78, 5) is 48.9. The van der Waals surface area contributed by atoms with Crippen molar-refractivity contribution in [1.82, 2.24) is 20.0 Å². The van der Waals surface area contributed by atoms with Gasteiger partial charge in [0.25, 0.3) is 11.8 Å². The number of hydrogen-bond acceptors (Lipinski definition) is 7. The van der Waals surface area contributed by atoms with Gasteiger partial charge in [0.15, 0.2) is 0 Å². The molecule has 2 amide bonds. The molecule has 0 bridgehead atoms. The molecule has 0 radical (unpaired) electrons. The standard InChI is InChI=1S/C16H17ClN4O6S/c1-6-9(17)12(20(3)19-6)13(23)18-10-14(24)21-11(16(25)26)8(4-27-7(2)22)5-28-15(10)21/h10,15H,4-5H2,1-3H3,(H,18,23)(H,25,26)/t10-,15-/m0/s1. The molecule has 0 unspecified atom stereocenters. The van der Waals surface area contributed by atoms with E-state index in [9.17, 15) is 24.3 Å². The van der Waals surface area contributed by atoms with E-state index in [1.807, 2.05) is 0 Å². The Morgan fingerprint density at radius 2 is 2.11 bits per heavy atom. The average Bonchev–Trinajstić information content (AvgIpc) is 2.88. The quantitative estimate of drug-likeness (QED) is 0.505. The van der Waals surface area contributed by atoms with Gasteiger partial charge in [-0.1, -0.05) is 11.6 Å². The Morgan fingerprint density at radius 1 is 1.43 bits per heavy atom. The molecule has 28 heavy (non-hydrogen) atoms. The molecule has 1 aromatic rings. The first kappa shape index (κ1) is 20.2. The minimum atomic E-state index is -1.30. The van der Waals surface area contributed by atoms with Crippen LogP contribution in [0.5, 0.6) is 0 Å². The summed E-state index contributed by atoms with van der Waals surface area (Å²) < 4.78 is 6.20. The summed E-state index contributed by atoms with van der Waals surface area (Å²) in [7, 11) is 1.56. The summed E-state index contributed by atoms with van der Waals surface area (Å²) in [5.41, 5.74) is 0.715. The van der Waals surface area contributed by atoms with Crippen molar-refractivity contribution in [2.75, 3.05) is 12.4 Å². The van der Waals surface area contributed by atoms with Gasteiger partial charge >= 0.3 is 11.9 Å². The predicted octanol–water partition coefficient (Wildman–Crippen LogP) is 0.297. The van der Waals surface area contributed by atoms with Gasteiger partial charge in [0.1, 0.15) is 29.4 Å². The van der Waals surface area contributed by atoms with Crippen LogP contribution in [0.3, 0.4) is 0 Å². The van der Waals surface area contributed by atoms with Crippen LogP contribution in [0.25, 0.3) is 0 Å². The van der Waals surface area contributed by atoms with Crippen molar-refractivity contribution in [1.29, 1.82) is 0 Å². The fourth-order valence-corrected chi connectivity index (χ4v) is 4.64. The van der Waals surface area contributed by atoms with Crippen LogP contribution in [0, 0.1) is 6.92 Å². The second kappa shape index (κ2) is 7.47. The number of amides is 2. The van der Waals surface area contributed by atoms with Crippen LogP contribution >= 0.6 is 23.4 Å².